The Labute approximate surface area is 575 Å². The Morgan fingerprint density at radius 1 is 0.333 bits per heavy atom. The molecule has 9 nitrogen and oxygen atoms in total. The van der Waals surface area contributed by atoms with Crippen LogP contribution in [0.1, 0.15) is 361 Å². The van der Waals surface area contributed by atoms with E-state index in [0.29, 0.717) is 17.4 Å². The lowest BCUT2D eigenvalue weighted by Crippen LogP contribution is -2.44. The van der Waals surface area contributed by atoms with E-state index in [0.717, 1.165) is 109 Å². The van der Waals surface area contributed by atoms with Gasteiger partial charge < -0.3 is 33.3 Å². The standard InChI is InChI=1S/C84H149NO8/c1-6-8-10-12-14-16-18-20-22-24-26-28-30-32-34-36-38-39-40-41-42-43-45-46-48-50-52-54-56-58-60-62-64-66-68-70-72-74-81(86)91-78-80(79-92-84(83(88)89)90-77-76-85(3,4)5)93-82(87)75-73-71-69-67-65-63-61-59-57-55-53-51-49-47-44-37-35-33-31-29-27-25-23-21-19-17-15-13-11-9-7-2/h9,11,15,17,21,23,27,29,33,35,44,47,51,53,57,59,80,84H,6-8,10,12-14,16,18-20,22,24-26,28,30-32,34,36-43,45-46,48-50,52,54-56,58,60-79H2,1-5H3/b11-9-,17-15-,23-21-,29-27-,35-33-,47-44-,53-51-,59-57-. The first-order valence-electron chi connectivity index (χ1n) is 39.4. The molecule has 0 rings (SSSR count). The maximum Gasteiger partial charge on any atom is 0.306 e. The topological polar surface area (TPSA) is 111 Å². The zero-order valence-electron chi connectivity index (χ0n) is 61.6. The molecular weight excluding hydrogens is 1150 g/mol. The molecule has 0 spiro atoms. The van der Waals surface area contributed by atoms with Crippen LogP contribution in [0.5, 0.6) is 0 Å². The highest BCUT2D eigenvalue weighted by molar-refractivity contribution is 5.70. The summed E-state index contributed by atoms with van der Waals surface area (Å²) in [6.07, 6.45) is 99.6. The lowest BCUT2D eigenvalue weighted by Gasteiger charge is -2.26. The summed E-state index contributed by atoms with van der Waals surface area (Å²) in [5.41, 5.74) is 0. The number of hydrogen-bond acceptors (Lipinski definition) is 8. The van der Waals surface area contributed by atoms with Crippen LogP contribution in [0, 0.1) is 0 Å². The molecule has 0 aromatic rings. The van der Waals surface area contributed by atoms with Crippen molar-refractivity contribution in [1.82, 2.24) is 0 Å². The molecule has 2 atom stereocenters. The lowest BCUT2D eigenvalue weighted by molar-refractivity contribution is -0.870. The average Bonchev–Trinajstić information content (AvgIpc) is 3.38. The number of carboxylic acids is 1. The van der Waals surface area contributed by atoms with Crippen molar-refractivity contribution < 1.29 is 42.9 Å². The molecule has 0 aromatic carbocycles. The van der Waals surface area contributed by atoms with Crippen LogP contribution in [0.15, 0.2) is 97.2 Å². The first-order chi connectivity index (χ1) is 45.6. The predicted molar refractivity (Wildman–Crippen MR) is 398 cm³/mol. The first-order valence-corrected chi connectivity index (χ1v) is 39.4. The van der Waals surface area contributed by atoms with Gasteiger partial charge in [0.25, 0.3) is 0 Å². The zero-order valence-corrected chi connectivity index (χ0v) is 61.6. The Balaban J connectivity index is 4.05. The van der Waals surface area contributed by atoms with Gasteiger partial charge in [-0.3, -0.25) is 9.59 Å². The van der Waals surface area contributed by atoms with E-state index in [9.17, 15) is 19.5 Å². The van der Waals surface area contributed by atoms with Crippen LogP contribution in [-0.2, 0) is 33.3 Å². The maximum absolute atomic E-state index is 13.0. The van der Waals surface area contributed by atoms with Crippen molar-refractivity contribution in [3.8, 4) is 0 Å². The number of likely N-dealkylation sites (N-methyl/N-ethyl adjacent to an activating group) is 1. The second-order valence-corrected chi connectivity index (χ2v) is 27.6. The van der Waals surface area contributed by atoms with Crippen LogP contribution in [0.2, 0.25) is 0 Å². The summed E-state index contributed by atoms with van der Waals surface area (Å²) in [4.78, 5) is 37.6. The average molecular weight is 1300 g/mol. The van der Waals surface area contributed by atoms with Crippen LogP contribution in [0.25, 0.3) is 0 Å². The molecule has 0 aliphatic rings. The van der Waals surface area contributed by atoms with Crippen molar-refractivity contribution in [2.24, 2.45) is 0 Å². The van der Waals surface area contributed by atoms with E-state index in [1.54, 1.807) is 0 Å². The summed E-state index contributed by atoms with van der Waals surface area (Å²) in [5, 5.41) is 11.9. The molecule has 0 bridgehead atoms. The van der Waals surface area contributed by atoms with Crippen LogP contribution < -0.4 is 5.11 Å². The van der Waals surface area contributed by atoms with Crippen LogP contribution in [0.4, 0.5) is 0 Å². The van der Waals surface area contributed by atoms with Gasteiger partial charge in [0.2, 0.25) is 0 Å². The van der Waals surface area contributed by atoms with E-state index < -0.39 is 24.3 Å². The van der Waals surface area contributed by atoms with Gasteiger partial charge in [0.05, 0.1) is 40.3 Å². The highest BCUT2D eigenvalue weighted by atomic mass is 16.7. The Bertz CT molecular complexity index is 1850. The van der Waals surface area contributed by atoms with Gasteiger partial charge >= 0.3 is 11.9 Å². The van der Waals surface area contributed by atoms with Gasteiger partial charge in [0.15, 0.2) is 12.4 Å². The number of ether oxygens (including phenoxy) is 4. The summed E-state index contributed by atoms with van der Waals surface area (Å²) in [7, 11) is 5.93. The summed E-state index contributed by atoms with van der Waals surface area (Å²) in [6.45, 7) is 4.66. The van der Waals surface area contributed by atoms with Crippen LogP contribution in [-0.4, -0.2) is 82.3 Å². The minimum atomic E-state index is -1.63. The number of esters is 2. The number of hydrogen-bond donors (Lipinski definition) is 0. The number of quaternary nitrogens is 1. The molecule has 93 heavy (non-hydrogen) atoms. The molecule has 0 N–H and O–H groups in total. The molecule has 9 heteroatoms. The van der Waals surface area contributed by atoms with E-state index in [-0.39, 0.29) is 38.6 Å². The molecule has 0 fully saturated rings. The number of unbranched alkanes of at least 4 members (excludes halogenated alkanes) is 42. The van der Waals surface area contributed by atoms with E-state index >= 15 is 0 Å². The quantitative estimate of drug-likeness (QED) is 0.0195. The fourth-order valence-electron chi connectivity index (χ4n) is 11.4. The number of nitrogens with zero attached hydrogens (tertiary/aromatic N) is 1. The second kappa shape index (κ2) is 74.0. The molecule has 0 amide bonds. The van der Waals surface area contributed by atoms with Gasteiger partial charge in [0, 0.05) is 12.8 Å². The first kappa shape index (κ1) is 89.2. The van der Waals surface area contributed by atoms with Crippen molar-refractivity contribution in [2.45, 2.75) is 373 Å². The highest BCUT2D eigenvalue weighted by Crippen LogP contribution is 2.19. The second-order valence-electron chi connectivity index (χ2n) is 27.6. The van der Waals surface area contributed by atoms with E-state index in [2.05, 4.69) is 111 Å². The Hall–Kier alpha value is -3.79. The largest absolute Gasteiger partial charge is 0.545 e. The highest BCUT2D eigenvalue weighted by Gasteiger charge is 2.22. The summed E-state index contributed by atoms with van der Waals surface area (Å²) < 4.78 is 22.8. The third kappa shape index (κ3) is 75.5. The SMILES string of the molecule is CC/C=C\C/C=C\C/C=C\C/C=C\C/C=C\C/C=C\C/C=C\C/C=C\CCCCCCCCC(=O)OC(COC(=O)CCCCCCCCCCCCCCCCCCCCCCCCCCCCCCCCCCCCCCC)COC(OCC[N+](C)(C)C)C(=O)[O-]. The molecule has 2 unspecified atom stereocenters. The normalized spacial score (nSPS) is 13.2. The summed E-state index contributed by atoms with van der Waals surface area (Å²) in [5.74, 6) is -2.29. The van der Waals surface area contributed by atoms with Gasteiger partial charge in [-0.1, -0.05) is 368 Å². The predicted octanol–water partition coefficient (Wildman–Crippen LogP) is 23.8. The Morgan fingerprint density at radius 3 is 0.914 bits per heavy atom. The molecule has 0 aromatic heterocycles. The monoisotopic (exact) mass is 1300 g/mol. The minimum Gasteiger partial charge on any atom is -0.545 e. The van der Waals surface area contributed by atoms with Crippen molar-refractivity contribution in [2.75, 3.05) is 47.5 Å². The van der Waals surface area contributed by atoms with E-state index in [4.69, 9.17) is 18.9 Å². The van der Waals surface area contributed by atoms with Gasteiger partial charge in [-0.05, 0) is 77.0 Å². The Morgan fingerprint density at radius 2 is 0.613 bits per heavy atom. The fraction of sp³-hybridized carbons (Fsp3) is 0.774. The third-order valence-electron chi connectivity index (χ3n) is 17.3. The number of carbonyl (C=O) groups excluding carboxylic acids is 3. The smallest absolute Gasteiger partial charge is 0.306 e. The van der Waals surface area contributed by atoms with Crippen LogP contribution in [0.3, 0.4) is 0 Å². The van der Waals surface area contributed by atoms with Crippen molar-refractivity contribution in [3.63, 3.8) is 0 Å². The van der Waals surface area contributed by atoms with Crippen molar-refractivity contribution >= 4 is 17.9 Å². The fourth-order valence-corrected chi connectivity index (χ4v) is 11.4. The minimum absolute atomic E-state index is 0.141. The number of allylic oxidation sites excluding steroid dienone is 16. The van der Waals surface area contributed by atoms with Crippen molar-refractivity contribution in [3.05, 3.63) is 97.2 Å². The number of aliphatic carboxylic acids is 1. The molecule has 0 aliphatic heterocycles. The molecule has 538 valence electrons. The van der Waals surface area contributed by atoms with E-state index in [1.807, 2.05) is 21.1 Å². The van der Waals surface area contributed by atoms with Gasteiger partial charge in [-0.2, -0.15) is 0 Å². The van der Waals surface area contributed by atoms with Gasteiger partial charge in [-0.15, -0.1) is 0 Å². The maximum atomic E-state index is 13.0. The molecule has 0 heterocycles. The number of carboxylic acid groups (broad SMARTS) is 1. The molecular formula is C84H149NO8. The summed E-state index contributed by atoms with van der Waals surface area (Å²) >= 11 is 0. The third-order valence-corrected chi connectivity index (χ3v) is 17.3. The van der Waals surface area contributed by atoms with Gasteiger partial charge in [-0.25, -0.2) is 0 Å². The van der Waals surface area contributed by atoms with Gasteiger partial charge in [0.1, 0.15) is 13.2 Å². The number of carbonyl (C=O) groups is 3. The lowest BCUT2D eigenvalue weighted by atomic mass is 10.0. The van der Waals surface area contributed by atoms with Crippen LogP contribution >= 0.6 is 0 Å². The van der Waals surface area contributed by atoms with E-state index in [1.165, 1.54) is 218 Å². The summed E-state index contributed by atoms with van der Waals surface area (Å²) in [6, 6.07) is 0. The van der Waals surface area contributed by atoms with Crippen molar-refractivity contribution in [1.29, 1.82) is 0 Å². The Kier molecular flexibility index (Phi) is 71.0. The molecule has 0 radical (unpaired) electrons. The molecule has 0 aliphatic carbocycles. The zero-order chi connectivity index (χ0) is 67.5. The molecule has 0 saturated heterocycles. The molecule has 0 saturated carbocycles. The number of rotatable bonds is 73.